The summed E-state index contributed by atoms with van der Waals surface area (Å²) >= 11 is 0. The van der Waals surface area contributed by atoms with Crippen LogP contribution in [0, 0.1) is 11.7 Å². The van der Waals surface area contributed by atoms with Crippen LogP contribution >= 0.6 is 0 Å². The standard InChI is InChI=1S/C28H37FN2O2/c1-22-9-7-18-31(21-22)19-8-20-33-24-14-12-23(13-15-24)30-27(32)28(16-5-2-6-17-28)25-10-3-4-11-26(25)29/h3-4,10-15,22H,2,5-9,16-21H2,1H3,(H,30,32). The molecule has 2 fully saturated rings. The highest BCUT2D eigenvalue weighted by molar-refractivity contribution is 5.99. The average Bonchev–Trinajstić information content (AvgIpc) is 2.83. The second-order valence-electron chi connectivity index (χ2n) is 9.85. The third kappa shape index (κ3) is 5.94. The Kier molecular flexibility index (Phi) is 8.02. The zero-order valence-corrected chi connectivity index (χ0v) is 19.8. The van der Waals surface area contributed by atoms with Crippen molar-refractivity contribution in [3.8, 4) is 5.75 Å². The summed E-state index contributed by atoms with van der Waals surface area (Å²) in [5.41, 5.74) is 0.436. The highest BCUT2D eigenvalue weighted by atomic mass is 19.1. The van der Waals surface area contributed by atoms with Crippen LogP contribution in [0.25, 0.3) is 0 Å². The first-order valence-corrected chi connectivity index (χ1v) is 12.6. The minimum atomic E-state index is -0.801. The van der Waals surface area contributed by atoms with Crippen molar-refractivity contribution in [2.24, 2.45) is 5.92 Å². The Morgan fingerprint density at radius 2 is 1.85 bits per heavy atom. The van der Waals surface area contributed by atoms with Crippen molar-refractivity contribution in [2.45, 2.75) is 63.7 Å². The first kappa shape index (κ1) is 23.7. The summed E-state index contributed by atoms with van der Waals surface area (Å²) in [5, 5.41) is 3.05. The van der Waals surface area contributed by atoms with Gasteiger partial charge in [-0.3, -0.25) is 4.79 Å². The molecule has 1 N–H and O–H groups in total. The van der Waals surface area contributed by atoms with Crippen LogP contribution in [0.2, 0.25) is 0 Å². The normalized spacial score (nSPS) is 20.8. The summed E-state index contributed by atoms with van der Waals surface area (Å²) < 4.78 is 20.6. The lowest BCUT2D eigenvalue weighted by atomic mass is 9.68. The zero-order valence-electron chi connectivity index (χ0n) is 19.8. The van der Waals surface area contributed by atoms with E-state index in [1.54, 1.807) is 12.1 Å². The summed E-state index contributed by atoms with van der Waals surface area (Å²) in [4.78, 5) is 15.9. The van der Waals surface area contributed by atoms with Gasteiger partial charge in [0.1, 0.15) is 11.6 Å². The van der Waals surface area contributed by atoms with E-state index in [4.69, 9.17) is 4.74 Å². The highest BCUT2D eigenvalue weighted by Crippen LogP contribution is 2.41. The van der Waals surface area contributed by atoms with Gasteiger partial charge in [-0.25, -0.2) is 4.39 Å². The maximum Gasteiger partial charge on any atom is 0.235 e. The van der Waals surface area contributed by atoms with E-state index in [-0.39, 0.29) is 11.7 Å². The number of likely N-dealkylation sites (tertiary alicyclic amines) is 1. The van der Waals surface area contributed by atoms with Gasteiger partial charge in [0, 0.05) is 24.3 Å². The van der Waals surface area contributed by atoms with E-state index < -0.39 is 5.41 Å². The molecule has 178 valence electrons. The first-order chi connectivity index (χ1) is 16.1. The van der Waals surface area contributed by atoms with E-state index in [0.717, 1.165) is 49.6 Å². The van der Waals surface area contributed by atoms with E-state index in [2.05, 4.69) is 17.1 Å². The molecular weight excluding hydrogens is 415 g/mol. The largest absolute Gasteiger partial charge is 0.494 e. The number of nitrogens with one attached hydrogen (secondary N) is 1. The van der Waals surface area contributed by atoms with Gasteiger partial charge in [0.05, 0.1) is 12.0 Å². The van der Waals surface area contributed by atoms with Crippen LogP contribution in [-0.4, -0.2) is 37.0 Å². The smallest absolute Gasteiger partial charge is 0.235 e. The van der Waals surface area contributed by atoms with Crippen LogP contribution in [0.15, 0.2) is 48.5 Å². The van der Waals surface area contributed by atoms with Crippen LogP contribution in [0.4, 0.5) is 10.1 Å². The lowest BCUT2D eigenvalue weighted by Gasteiger charge is -2.36. The molecule has 0 spiro atoms. The van der Waals surface area contributed by atoms with E-state index in [9.17, 15) is 9.18 Å². The Morgan fingerprint density at radius 3 is 2.58 bits per heavy atom. The van der Waals surface area contributed by atoms with Crippen LogP contribution < -0.4 is 10.1 Å². The van der Waals surface area contributed by atoms with E-state index in [1.807, 2.05) is 30.3 Å². The molecule has 4 nitrogen and oxygen atoms in total. The average molecular weight is 453 g/mol. The second-order valence-corrected chi connectivity index (χ2v) is 9.85. The molecule has 4 rings (SSSR count). The summed E-state index contributed by atoms with van der Waals surface area (Å²) in [6.07, 6.45) is 7.97. The van der Waals surface area contributed by atoms with Crippen molar-refractivity contribution in [3.05, 3.63) is 59.9 Å². The highest BCUT2D eigenvalue weighted by Gasteiger charge is 2.42. The fourth-order valence-electron chi connectivity index (χ4n) is 5.48. The van der Waals surface area contributed by atoms with Crippen molar-refractivity contribution >= 4 is 11.6 Å². The molecule has 1 aliphatic heterocycles. The van der Waals surface area contributed by atoms with Crippen molar-refractivity contribution in [1.29, 1.82) is 0 Å². The lowest BCUT2D eigenvalue weighted by Crippen LogP contribution is -2.42. The topological polar surface area (TPSA) is 41.6 Å². The quantitative estimate of drug-likeness (QED) is 0.487. The van der Waals surface area contributed by atoms with Crippen LogP contribution in [0.5, 0.6) is 5.75 Å². The third-order valence-corrected chi connectivity index (χ3v) is 7.27. The van der Waals surface area contributed by atoms with Gasteiger partial charge in [-0.15, -0.1) is 0 Å². The Bertz CT molecular complexity index is 908. The lowest BCUT2D eigenvalue weighted by molar-refractivity contribution is -0.122. The van der Waals surface area contributed by atoms with Crippen molar-refractivity contribution < 1.29 is 13.9 Å². The number of ether oxygens (including phenoxy) is 1. The van der Waals surface area contributed by atoms with Crippen LogP contribution in [0.3, 0.4) is 0 Å². The number of amides is 1. The number of anilines is 1. The number of rotatable bonds is 8. The van der Waals surface area contributed by atoms with E-state index >= 15 is 0 Å². The first-order valence-electron chi connectivity index (χ1n) is 12.6. The predicted molar refractivity (Wildman–Crippen MR) is 131 cm³/mol. The number of halogens is 1. The molecule has 33 heavy (non-hydrogen) atoms. The fraction of sp³-hybridized carbons (Fsp3) is 0.536. The van der Waals surface area contributed by atoms with Crippen LogP contribution in [-0.2, 0) is 10.2 Å². The minimum absolute atomic E-state index is 0.114. The van der Waals surface area contributed by atoms with Crippen molar-refractivity contribution in [3.63, 3.8) is 0 Å². The SMILES string of the molecule is CC1CCCN(CCCOc2ccc(NC(=O)C3(c4ccccc4F)CCCCC3)cc2)C1. The van der Waals surface area contributed by atoms with E-state index in [0.29, 0.717) is 25.0 Å². The van der Waals surface area contributed by atoms with Gasteiger partial charge < -0.3 is 15.0 Å². The van der Waals surface area contributed by atoms with Crippen LogP contribution in [0.1, 0.15) is 63.9 Å². The molecule has 1 saturated carbocycles. The molecule has 1 heterocycles. The van der Waals surface area contributed by atoms with Gasteiger partial charge in [-0.05, 0) is 74.9 Å². The molecule has 0 bridgehead atoms. The fourth-order valence-corrected chi connectivity index (χ4v) is 5.48. The predicted octanol–water partition coefficient (Wildman–Crippen LogP) is 6.17. The van der Waals surface area contributed by atoms with Gasteiger partial charge in [-0.1, -0.05) is 44.4 Å². The van der Waals surface area contributed by atoms with Gasteiger partial charge in [-0.2, -0.15) is 0 Å². The summed E-state index contributed by atoms with van der Waals surface area (Å²) in [6.45, 7) is 6.49. The summed E-state index contributed by atoms with van der Waals surface area (Å²) in [7, 11) is 0. The molecule has 2 aliphatic rings. The molecule has 1 saturated heterocycles. The number of hydrogen-bond acceptors (Lipinski definition) is 3. The number of nitrogens with zero attached hydrogens (tertiary/aromatic N) is 1. The van der Waals surface area contributed by atoms with E-state index in [1.165, 1.54) is 32.0 Å². The molecule has 2 aromatic carbocycles. The maximum atomic E-state index is 14.7. The Balaban J connectivity index is 1.32. The summed E-state index contributed by atoms with van der Waals surface area (Å²) in [6, 6.07) is 14.3. The molecule has 1 amide bonds. The number of carbonyl (C=O) groups excluding carboxylic acids is 1. The minimum Gasteiger partial charge on any atom is -0.494 e. The summed E-state index contributed by atoms with van der Waals surface area (Å²) in [5.74, 6) is 1.20. The number of benzene rings is 2. The van der Waals surface area contributed by atoms with Gasteiger partial charge in [0.2, 0.25) is 5.91 Å². The van der Waals surface area contributed by atoms with Crippen molar-refractivity contribution in [2.75, 3.05) is 31.6 Å². The van der Waals surface area contributed by atoms with Gasteiger partial charge in [0.25, 0.3) is 0 Å². The molecular formula is C28H37FN2O2. The molecule has 1 atom stereocenters. The van der Waals surface area contributed by atoms with Gasteiger partial charge >= 0.3 is 0 Å². The zero-order chi connectivity index (χ0) is 23.1. The molecule has 1 unspecified atom stereocenters. The maximum absolute atomic E-state index is 14.7. The number of carbonyl (C=O) groups is 1. The number of piperidine rings is 1. The Morgan fingerprint density at radius 1 is 1.09 bits per heavy atom. The monoisotopic (exact) mass is 452 g/mol. The van der Waals surface area contributed by atoms with Crippen molar-refractivity contribution in [1.82, 2.24) is 4.90 Å². The molecule has 5 heteroatoms. The van der Waals surface area contributed by atoms with Gasteiger partial charge in [0.15, 0.2) is 0 Å². The Hall–Kier alpha value is -2.40. The molecule has 1 aliphatic carbocycles. The second kappa shape index (κ2) is 11.1. The molecule has 2 aromatic rings. The molecule has 0 aromatic heterocycles. The number of hydrogen-bond donors (Lipinski definition) is 1. The molecule has 0 radical (unpaired) electrons. The Labute approximate surface area is 197 Å². The third-order valence-electron chi connectivity index (χ3n) is 7.27.